The molecule has 0 radical (unpaired) electrons. The van der Waals surface area contributed by atoms with Gasteiger partial charge < -0.3 is 14.2 Å². The van der Waals surface area contributed by atoms with Crippen LogP contribution in [-0.2, 0) is 16.9 Å². The number of fused-ring (bicyclic) bond motifs is 3. The van der Waals surface area contributed by atoms with E-state index >= 15 is 0 Å². The highest BCUT2D eigenvalue weighted by molar-refractivity contribution is 5.91. The van der Waals surface area contributed by atoms with Gasteiger partial charge in [-0.1, -0.05) is 109 Å². The molecule has 1 aliphatic heterocycles. The first-order valence-corrected chi connectivity index (χ1v) is 13.7. The molecule has 1 fully saturated rings. The summed E-state index contributed by atoms with van der Waals surface area (Å²) in [6, 6.07) is 39.6. The van der Waals surface area contributed by atoms with Gasteiger partial charge in [0.1, 0.15) is 17.8 Å². The van der Waals surface area contributed by atoms with E-state index in [9.17, 15) is 4.79 Å². The minimum absolute atomic E-state index is 0.232. The molecule has 0 amide bonds. The molecule has 0 unspecified atom stereocenters. The largest absolute Gasteiger partial charge is 0.456 e. The number of benzene rings is 4. The molecule has 192 valence electrons. The van der Waals surface area contributed by atoms with Gasteiger partial charge in [-0.3, -0.25) is 0 Å². The van der Waals surface area contributed by atoms with Crippen LogP contribution >= 0.6 is 0 Å². The second-order valence-corrected chi connectivity index (χ2v) is 10.4. The average molecular weight is 511 g/mol. The van der Waals surface area contributed by atoms with E-state index in [1.54, 1.807) is 0 Å². The summed E-state index contributed by atoms with van der Waals surface area (Å²) in [5.74, 6) is -0.318. The molecule has 4 aromatic carbocycles. The average Bonchev–Trinajstić information content (AvgIpc) is 3.74. The van der Waals surface area contributed by atoms with E-state index in [0.29, 0.717) is 5.69 Å². The van der Waals surface area contributed by atoms with Crippen molar-refractivity contribution in [1.29, 1.82) is 0 Å². The maximum Gasteiger partial charge on any atom is 0.355 e. The second kappa shape index (κ2) is 9.63. The van der Waals surface area contributed by atoms with Crippen LogP contribution in [0.15, 0.2) is 121 Å². The highest BCUT2D eigenvalue weighted by Gasteiger charge is 2.48. The van der Waals surface area contributed by atoms with Crippen molar-refractivity contribution in [3.63, 3.8) is 0 Å². The summed E-state index contributed by atoms with van der Waals surface area (Å²) >= 11 is 0. The normalized spacial score (nSPS) is 15.1. The Hall–Kier alpha value is -4.57. The fraction of sp³-hybridized carbons (Fsp3) is 0.171. The Morgan fingerprint density at radius 1 is 0.718 bits per heavy atom. The molecule has 1 saturated heterocycles. The number of hydrogen-bond acceptors (Lipinski definition) is 3. The van der Waals surface area contributed by atoms with Crippen molar-refractivity contribution in [2.75, 3.05) is 18.0 Å². The van der Waals surface area contributed by atoms with Crippen LogP contribution < -0.4 is 4.90 Å². The van der Waals surface area contributed by atoms with Gasteiger partial charge in [0.25, 0.3) is 0 Å². The molecular formula is C35H30N2O2. The molecule has 1 aliphatic carbocycles. The van der Waals surface area contributed by atoms with Gasteiger partial charge in [0, 0.05) is 19.3 Å². The lowest BCUT2D eigenvalue weighted by molar-refractivity contribution is 0.0457. The van der Waals surface area contributed by atoms with Gasteiger partial charge in [0.05, 0.1) is 5.69 Å². The number of carbonyl (C=O) groups is 1. The van der Waals surface area contributed by atoms with Crippen molar-refractivity contribution in [2.45, 2.75) is 25.0 Å². The highest BCUT2D eigenvalue weighted by Crippen LogP contribution is 2.54. The predicted octanol–water partition coefficient (Wildman–Crippen LogP) is 7.27. The first-order valence-electron chi connectivity index (χ1n) is 13.7. The first kappa shape index (κ1) is 23.5. The third-order valence-electron chi connectivity index (χ3n) is 8.18. The molecule has 7 rings (SSSR count). The number of hydrogen-bond donors (Lipinski definition) is 0. The van der Waals surface area contributed by atoms with Crippen molar-refractivity contribution in [3.8, 4) is 11.1 Å². The molecule has 0 saturated carbocycles. The molecule has 2 heterocycles. The number of aromatic nitrogens is 1. The van der Waals surface area contributed by atoms with Crippen LogP contribution in [0.3, 0.4) is 0 Å². The number of anilines is 1. The number of carbonyl (C=O) groups excluding carboxylic acids is 1. The molecule has 0 bridgehead atoms. The molecule has 1 aromatic heterocycles. The lowest BCUT2D eigenvalue weighted by Gasteiger charge is -2.36. The van der Waals surface area contributed by atoms with Crippen LogP contribution in [0.4, 0.5) is 5.69 Å². The Morgan fingerprint density at radius 3 is 1.92 bits per heavy atom. The van der Waals surface area contributed by atoms with Gasteiger partial charge in [-0.15, -0.1) is 0 Å². The van der Waals surface area contributed by atoms with Crippen molar-refractivity contribution in [2.24, 2.45) is 0 Å². The Morgan fingerprint density at radius 2 is 1.28 bits per heavy atom. The minimum atomic E-state index is -0.715. The quantitative estimate of drug-likeness (QED) is 0.221. The van der Waals surface area contributed by atoms with Crippen molar-refractivity contribution < 1.29 is 9.53 Å². The van der Waals surface area contributed by atoms with E-state index in [1.165, 1.54) is 11.1 Å². The molecule has 39 heavy (non-hydrogen) atoms. The summed E-state index contributed by atoms with van der Waals surface area (Å²) in [5.41, 5.74) is 7.71. The van der Waals surface area contributed by atoms with Crippen LogP contribution in [0.1, 0.15) is 45.6 Å². The van der Waals surface area contributed by atoms with E-state index in [0.717, 1.165) is 53.9 Å². The van der Waals surface area contributed by atoms with Crippen molar-refractivity contribution in [1.82, 2.24) is 4.57 Å². The summed E-state index contributed by atoms with van der Waals surface area (Å²) in [4.78, 5) is 16.3. The molecule has 0 atom stereocenters. The lowest BCUT2D eigenvalue weighted by Crippen LogP contribution is -2.37. The number of esters is 1. The van der Waals surface area contributed by atoms with E-state index in [2.05, 4.69) is 88.5 Å². The fourth-order valence-electron chi connectivity index (χ4n) is 6.43. The Bertz CT molecular complexity index is 1590. The molecule has 2 aliphatic rings. The standard InChI is InChI=1S/C35H30N2O2/c38-34(39-25-26-13-3-1-4-14-26)33-23-28(36-21-11-12-22-36)24-37(33)35(27-15-5-2-6-16-27)31-19-9-7-17-29(31)30-18-8-10-20-32(30)35/h1-10,13-20,23-24H,11-12,21-22,25H2. The van der Waals surface area contributed by atoms with E-state index in [1.807, 2.05) is 42.5 Å². The van der Waals surface area contributed by atoms with Crippen LogP contribution in [0, 0.1) is 0 Å². The molecule has 5 aromatic rings. The van der Waals surface area contributed by atoms with Crippen LogP contribution in [0.5, 0.6) is 0 Å². The fourth-order valence-corrected chi connectivity index (χ4v) is 6.43. The Balaban J connectivity index is 1.47. The number of ether oxygens (including phenoxy) is 1. The second-order valence-electron chi connectivity index (χ2n) is 10.4. The van der Waals surface area contributed by atoms with Crippen LogP contribution in [0.2, 0.25) is 0 Å². The van der Waals surface area contributed by atoms with Gasteiger partial charge in [0.15, 0.2) is 0 Å². The van der Waals surface area contributed by atoms with Gasteiger partial charge in [-0.2, -0.15) is 0 Å². The van der Waals surface area contributed by atoms with E-state index < -0.39 is 5.54 Å². The van der Waals surface area contributed by atoms with Crippen LogP contribution in [-0.4, -0.2) is 23.6 Å². The zero-order chi connectivity index (χ0) is 26.2. The Labute approximate surface area is 229 Å². The third-order valence-corrected chi connectivity index (χ3v) is 8.18. The lowest BCUT2D eigenvalue weighted by atomic mass is 9.80. The van der Waals surface area contributed by atoms with Crippen LogP contribution in [0.25, 0.3) is 11.1 Å². The van der Waals surface area contributed by atoms with Gasteiger partial charge >= 0.3 is 5.97 Å². The highest BCUT2D eigenvalue weighted by atomic mass is 16.5. The predicted molar refractivity (Wildman–Crippen MR) is 155 cm³/mol. The zero-order valence-electron chi connectivity index (χ0n) is 21.8. The first-order chi connectivity index (χ1) is 19.3. The monoisotopic (exact) mass is 510 g/mol. The van der Waals surface area contributed by atoms with Crippen molar-refractivity contribution in [3.05, 3.63) is 149 Å². The van der Waals surface area contributed by atoms with Gasteiger partial charge in [0.2, 0.25) is 0 Å². The summed E-state index contributed by atoms with van der Waals surface area (Å²) in [6.45, 7) is 2.22. The smallest absolute Gasteiger partial charge is 0.355 e. The third kappa shape index (κ3) is 3.78. The molecule has 0 spiro atoms. The van der Waals surface area contributed by atoms with Crippen molar-refractivity contribution >= 4 is 11.7 Å². The summed E-state index contributed by atoms with van der Waals surface area (Å²) in [6.07, 6.45) is 4.50. The maximum atomic E-state index is 14.0. The van der Waals surface area contributed by atoms with Gasteiger partial charge in [-0.05, 0) is 52.3 Å². The minimum Gasteiger partial charge on any atom is -0.456 e. The molecule has 4 heteroatoms. The Kier molecular flexibility index (Phi) is 5.81. The van der Waals surface area contributed by atoms with E-state index in [4.69, 9.17) is 4.74 Å². The topological polar surface area (TPSA) is 34.5 Å². The SMILES string of the molecule is O=C(OCc1ccccc1)c1cc(N2CCCC2)cn1C1(c2ccccc2)c2ccccc2-c2ccccc21. The maximum absolute atomic E-state index is 14.0. The molecule has 0 N–H and O–H groups in total. The summed E-state index contributed by atoms with van der Waals surface area (Å²) in [7, 11) is 0. The molecular weight excluding hydrogens is 480 g/mol. The summed E-state index contributed by atoms with van der Waals surface area (Å²) in [5, 5.41) is 0. The number of rotatable bonds is 6. The van der Waals surface area contributed by atoms with Gasteiger partial charge in [-0.25, -0.2) is 4.79 Å². The zero-order valence-corrected chi connectivity index (χ0v) is 21.8. The number of nitrogens with zero attached hydrogens (tertiary/aromatic N) is 2. The molecule has 4 nitrogen and oxygen atoms in total. The summed E-state index contributed by atoms with van der Waals surface area (Å²) < 4.78 is 8.16. The van der Waals surface area contributed by atoms with E-state index in [-0.39, 0.29) is 12.6 Å².